The summed E-state index contributed by atoms with van der Waals surface area (Å²) in [6.07, 6.45) is 6.83. The van der Waals surface area contributed by atoms with Crippen molar-refractivity contribution in [3.05, 3.63) is 18.1 Å². The SMILES string of the molecule is OCC1CC2=C[CH+]C1C2. The smallest absolute Gasteiger partial charge is 0.0926 e. The molecule has 2 unspecified atom stereocenters. The minimum Gasteiger partial charge on any atom is -0.396 e. The van der Waals surface area contributed by atoms with Gasteiger partial charge in [-0.25, -0.2) is 0 Å². The number of aliphatic hydroxyl groups is 1. The van der Waals surface area contributed by atoms with Crippen LogP contribution in [0.3, 0.4) is 0 Å². The van der Waals surface area contributed by atoms with Crippen molar-refractivity contribution in [2.45, 2.75) is 12.8 Å². The fourth-order valence-electron chi connectivity index (χ4n) is 1.86. The number of allylic oxidation sites excluding steroid dienone is 2. The minimum absolute atomic E-state index is 0.374. The van der Waals surface area contributed by atoms with Crippen molar-refractivity contribution in [1.82, 2.24) is 0 Å². The first kappa shape index (κ1) is 5.36. The fourth-order valence-corrected chi connectivity index (χ4v) is 1.86. The Balaban J connectivity index is 2.12. The summed E-state index contributed by atoms with van der Waals surface area (Å²) in [5.74, 6) is 1.25. The molecule has 0 aromatic rings. The third-order valence-electron chi connectivity index (χ3n) is 2.44. The number of fused-ring (bicyclic) bond motifs is 2. The number of rotatable bonds is 1. The molecule has 2 atom stereocenters. The molecule has 1 fully saturated rings. The van der Waals surface area contributed by atoms with Crippen LogP contribution in [0.5, 0.6) is 0 Å². The molecule has 0 saturated heterocycles. The quantitative estimate of drug-likeness (QED) is 0.518. The summed E-state index contributed by atoms with van der Waals surface area (Å²) < 4.78 is 0. The van der Waals surface area contributed by atoms with Crippen LogP contribution in [0.4, 0.5) is 0 Å². The molecule has 9 heavy (non-hydrogen) atoms. The third-order valence-corrected chi connectivity index (χ3v) is 2.44. The van der Waals surface area contributed by atoms with E-state index in [0.717, 1.165) is 6.42 Å². The summed E-state index contributed by atoms with van der Waals surface area (Å²) in [5, 5.41) is 8.84. The van der Waals surface area contributed by atoms with Gasteiger partial charge >= 0.3 is 0 Å². The Bertz CT molecular complexity index is 149. The Labute approximate surface area is 55.4 Å². The van der Waals surface area contributed by atoms with Gasteiger partial charge in [0.2, 0.25) is 0 Å². The topological polar surface area (TPSA) is 20.2 Å². The van der Waals surface area contributed by atoms with Gasteiger partial charge in [-0.3, -0.25) is 0 Å². The minimum atomic E-state index is 0.374. The second-order valence-electron chi connectivity index (χ2n) is 3.03. The zero-order chi connectivity index (χ0) is 6.27. The molecule has 0 heterocycles. The monoisotopic (exact) mass is 123 g/mol. The summed E-state index contributed by atoms with van der Waals surface area (Å²) in [6.45, 7) is 0.374. The summed E-state index contributed by atoms with van der Waals surface area (Å²) >= 11 is 0. The van der Waals surface area contributed by atoms with E-state index in [1.807, 2.05) is 0 Å². The van der Waals surface area contributed by atoms with E-state index in [2.05, 4.69) is 12.5 Å². The average Bonchev–Trinajstić information content (AvgIpc) is 2.45. The lowest BCUT2D eigenvalue weighted by Crippen LogP contribution is -2.12. The van der Waals surface area contributed by atoms with Crippen molar-refractivity contribution < 1.29 is 5.11 Å². The number of hydrogen-bond donors (Lipinski definition) is 1. The average molecular weight is 123 g/mol. The van der Waals surface area contributed by atoms with Crippen LogP contribution in [0.2, 0.25) is 0 Å². The predicted molar refractivity (Wildman–Crippen MR) is 35.7 cm³/mol. The first-order valence-electron chi connectivity index (χ1n) is 3.54. The first-order chi connectivity index (χ1) is 4.40. The van der Waals surface area contributed by atoms with E-state index >= 15 is 0 Å². The van der Waals surface area contributed by atoms with Crippen molar-refractivity contribution in [3.8, 4) is 0 Å². The zero-order valence-corrected chi connectivity index (χ0v) is 5.38. The molecule has 48 valence electrons. The van der Waals surface area contributed by atoms with E-state index in [-0.39, 0.29) is 0 Å². The zero-order valence-electron chi connectivity index (χ0n) is 5.38. The van der Waals surface area contributed by atoms with Crippen molar-refractivity contribution in [3.63, 3.8) is 0 Å². The van der Waals surface area contributed by atoms with Gasteiger partial charge in [-0.2, -0.15) is 0 Å². The molecule has 1 heteroatoms. The van der Waals surface area contributed by atoms with Crippen LogP contribution < -0.4 is 0 Å². The maximum Gasteiger partial charge on any atom is 0.0926 e. The maximum absolute atomic E-state index is 8.84. The van der Waals surface area contributed by atoms with Gasteiger partial charge in [-0.1, -0.05) is 0 Å². The van der Waals surface area contributed by atoms with Crippen molar-refractivity contribution in [2.75, 3.05) is 6.61 Å². The molecule has 2 rings (SSSR count). The summed E-state index contributed by atoms with van der Waals surface area (Å²) in [5.41, 5.74) is 1.54. The van der Waals surface area contributed by atoms with Gasteiger partial charge in [0, 0.05) is 18.8 Å². The number of aliphatic hydroxyl groups excluding tert-OH is 1. The number of hydrogen-bond acceptors (Lipinski definition) is 1. The molecule has 0 aromatic heterocycles. The van der Waals surface area contributed by atoms with E-state index in [4.69, 9.17) is 5.11 Å². The normalized spacial score (nSPS) is 38.6. The lowest BCUT2D eigenvalue weighted by Gasteiger charge is -2.08. The van der Waals surface area contributed by atoms with Crippen LogP contribution in [0.25, 0.3) is 0 Å². The Morgan fingerprint density at radius 3 is 2.89 bits per heavy atom. The van der Waals surface area contributed by atoms with Crippen LogP contribution in [0, 0.1) is 18.3 Å². The highest BCUT2D eigenvalue weighted by atomic mass is 16.3. The molecular weight excluding hydrogens is 112 g/mol. The summed E-state index contributed by atoms with van der Waals surface area (Å²) in [7, 11) is 0. The van der Waals surface area contributed by atoms with Crippen LogP contribution in [0.15, 0.2) is 11.6 Å². The molecule has 2 aliphatic carbocycles. The predicted octanol–water partition coefficient (Wildman–Crippen LogP) is 1.15. The lowest BCUT2D eigenvalue weighted by molar-refractivity contribution is 0.206. The van der Waals surface area contributed by atoms with Crippen LogP contribution in [0.1, 0.15) is 12.8 Å². The van der Waals surface area contributed by atoms with Gasteiger partial charge in [0.25, 0.3) is 0 Å². The Morgan fingerprint density at radius 2 is 2.56 bits per heavy atom. The molecule has 2 aliphatic rings. The Kier molecular flexibility index (Phi) is 1.06. The molecule has 1 nitrogen and oxygen atoms in total. The van der Waals surface area contributed by atoms with Crippen LogP contribution in [-0.2, 0) is 0 Å². The molecule has 2 bridgehead atoms. The van der Waals surface area contributed by atoms with E-state index < -0.39 is 0 Å². The van der Waals surface area contributed by atoms with E-state index in [9.17, 15) is 0 Å². The van der Waals surface area contributed by atoms with E-state index in [1.54, 1.807) is 5.57 Å². The molecule has 0 aromatic carbocycles. The van der Waals surface area contributed by atoms with Gasteiger partial charge in [-0.05, 0) is 0 Å². The fraction of sp³-hybridized carbons (Fsp3) is 0.625. The maximum atomic E-state index is 8.84. The summed E-state index contributed by atoms with van der Waals surface area (Å²) in [6, 6.07) is 0. The van der Waals surface area contributed by atoms with Crippen molar-refractivity contribution in [2.24, 2.45) is 11.8 Å². The van der Waals surface area contributed by atoms with Gasteiger partial charge in [0.05, 0.1) is 30.6 Å². The summed E-state index contributed by atoms with van der Waals surface area (Å²) in [4.78, 5) is 0. The van der Waals surface area contributed by atoms with Crippen molar-refractivity contribution in [1.29, 1.82) is 0 Å². The van der Waals surface area contributed by atoms with Crippen LogP contribution >= 0.6 is 0 Å². The molecule has 0 spiro atoms. The van der Waals surface area contributed by atoms with Crippen molar-refractivity contribution >= 4 is 0 Å². The largest absolute Gasteiger partial charge is 0.396 e. The van der Waals surface area contributed by atoms with E-state index in [0.29, 0.717) is 18.4 Å². The van der Waals surface area contributed by atoms with E-state index in [1.165, 1.54) is 6.42 Å². The molecule has 1 saturated carbocycles. The molecule has 0 radical (unpaired) electrons. The third kappa shape index (κ3) is 0.681. The molecule has 0 aliphatic heterocycles. The lowest BCUT2D eigenvalue weighted by atomic mass is 9.93. The molecular formula is C8H11O+. The van der Waals surface area contributed by atoms with Gasteiger partial charge in [0.15, 0.2) is 0 Å². The van der Waals surface area contributed by atoms with Crippen LogP contribution in [-0.4, -0.2) is 11.7 Å². The van der Waals surface area contributed by atoms with Gasteiger partial charge < -0.3 is 5.11 Å². The highest BCUT2D eigenvalue weighted by molar-refractivity contribution is 5.26. The highest BCUT2D eigenvalue weighted by Crippen LogP contribution is 2.42. The first-order valence-corrected chi connectivity index (χ1v) is 3.54. The second kappa shape index (κ2) is 1.77. The second-order valence-corrected chi connectivity index (χ2v) is 3.03. The Hall–Kier alpha value is -0.430. The molecule has 1 N–H and O–H groups in total. The van der Waals surface area contributed by atoms with Gasteiger partial charge in [0.1, 0.15) is 0 Å². The van der Waals surface area contributed by atoms with Gasteiger partial charge in [-0.15, -0.1) is 0 Å². The molecule has 0 amide bonds. The Morgan fingerprint density at radius 1 is 1.67 bits per heavy atom. The highest BCUT2D eigenvalue weighted by Gasteiger charge is 2.41. The standard InChI is InChI=1S/C8H11O/c9-5-8-4-6-1-2-7(8)3-6/h1-2,7-9H,3-5H2/q+1.